The van der Waals surface area contributed by atoms with E-state index in [1.807, 2.05) is 0 Å². The Morgan fingerprint density at radius 1 is 1.39 bits per heavy atom. The number of ether oxygens (including phenoxy) is 1. The lowest BCUT2D eigenvalue weighted by Crippen LogP contribution is -2.13. The number of carbonyl (C=O) groups excluding carboxylic acids is 1. The minimum Gasteiger partial charge on any atom is -0.494 e. The molecule has 0 radical (unpaired) electrons. The largest absolute Gasteiger partial charge is 0.494 e. The Morgan fingerprint density at radius 3 is 2.56 bits per heavy atom. The van der Waals surface area contributed by atoms with Crippen LogP contribution in [-0.4, -0.2) is 17.7 Å². The van der Waals surface area contributed by atoms with Crippen LogP contribution in [0.1, 0.15) is 29.3 Å². The van der Waals surface area contributed by atoms with Crippen LogP contribution in [0.3, 0.4) is 0 Å². The molecule has 2 nitrogen and oxygen atoms in total. The van der Waals surface area contributed by atoms with Crippen molar-refractivity contribution in [2.24, 2.45) is 0 Å². The Bertz CT molecular complexity index is 430. The molecule has 0 atom stereocenters. The van der Waals surface area contributed by atoms with E-state index >= 15 is 0 Å². The van der Waals surface area contributed by atoms with Gasteiger partial charge in [0.05, 0.1) is 12.2 Å². The van der Waals surface area contributed by atoms with E-state index in [0.717, 1.165) is 12.1 Å². The number of benzene rings is 1. The number of ketones is 1. The Hall–Kier alpha value is -1.04. The summed E-state index contributed by atoms with van der Waals surface area (Å²) in [5, 5.41) is 0.321. The van der Waals surface area contributed by atoms with Gasteiger partial charge in [0.1, 0.15) is 5.75 Å². The van der Waals surface area contributed by atoms with Crippen molar-refractivity contribution in [1.29, 1.82) is 0 Å². The third-order valence-corrected chi connectivity index (χ3v) is 2.63. The van der Waals surface area contributed by atoms with Crippen LogP contribution in [0.2, 0.25) is 0 Å². The van der Waals surface area contributed by atoms with Crippen LogP contribution in [-0.2, 0) is 6.18 Å². The number of alkyl halides is 4. The summed E-state index contributed by atoms with van der Waals surface area (Å²) in [5.74, 6) is -0.288. The first kappa shape index (κ1) is 15.0. The highest BCUT2D eigenvalue weighted by Gasteiger charge is 2.35. The maximum absolute atomic E-state index is 12.8. The molecule has 0 aromatic heterocycles. The summed E-state index contributed by atoms with van der Waals surface area (Å²) in [4.78, 5) is 11.7. The van der Waals surface area contributed by atoms with Gasteiger partial charge in [-0.2, -0.15) is 13.2 Å². The molecule has 18 heavy (non-hydrogen) atoms. The van der Waals surface area contributed by atoms with Crippen LogP contribution < -0.4 is 4.74 Å². The number of rotatable bonds is 5. The SMILES string of the molecule is CCOc1ccc(C(F)(F)F)c(C(=O)CCBr)c1. The Balaban J connectivity index is 3.22. The summed E-state index contributed by atoms with van der Waals surface area (Å²) in [6.07, 6.45) is -4.53. The molecule has 0 amide bonds. The molecule has 0 aliphatic carbocycles. The summed E-state index contributed by atoms with van der Waals surface area (Å²) in [6, 6.07) is 3.25. The lowest BCUT2D eigenvalue weighted by molar-refractivity contribution is -0.137. The van der Waals surface area contributed by atoms with E-state index in [0.29, 0.717) is 11.9 Å². The number of halogens is 4. The minimum atomic E-state index is -4.54. The average molecular weight is 325 g/mol. The fraction of sp³-hybridized carbons (Fsp3) is 0.417. The highest BCUT2D eigenvalue weighted by molar-refractivity contribution is 9.09. The van der Waals surface area contributed by atoms with E-state index < -0.39 is 17.5 Å². The van der Waals surface area contributed by atoms with Crippen molar-refractivity contribution in [1.82, 2.24) is 0 Å². The van der Waals surface area contributed by atoms with Gasteiger partial charge in [-0.3, -0.25) is 4.79 Å². The van der Waals surface area contributed by atoms with Gasteiger partial charge in [0, 0.05) is 17.3 Å². The first-order valence-corrected chi connectivity index (χ1v) is 6.45. The third-order valence-electron chi connectivity index (χ3n) is 2.23. The van der Waals surface area contributed by atoms with E-state index in [2.05, 4.69) is 15.9 Å². The molecule has 0 saturated heterocycles. The van der Waals surface area contributed by atoms with E-state index in [9.17, 15) is 18.0 Å². The molecular formula is C12H12BrF3O2. The summed E-state index contributed by atoms with van der Waals surface area (Å²) >= 11 is 3.04. The molecule has 0 N–H and O–H groups in total. The molecule has 1 aromatic carbocycles. The summed E-state index contributed by atoms with van der Waals surface area (Å²) in [7, 11) is 0. The van der Waals surface area contributed by atoms with Crippen LogP contribution >= 0.6 is 15.9 Å². The first-order valence-electron chi connectivity index (χ1n) is 5.33. The van der Waals surface area contributed by atoms with Crippen LogP contribution in [0.4, 0.5) is 13.2 Å². The Kier molecular flexibility index (Phi) is 5.19. The number of Topliss-reactive ketones (excluding diaryl/α,β-unsaturated/α-hetero) is 1. The maximum Gasteiger partial charge on any atom is 0.417 e. The normalized spacial score (nSPS) is 11.4. The molecule has 6 heteroatoms. The van der Waals surface area contributed by atoms with Crippen LogP contribution in [0.25, 0.3) is 0 Å². The molecule has 0 unspecified atom stereocenters. The molecule has 0 saturated carbocycles. The van der Waals surface area contributed by atoms with Gasteiger partial charge in [-0.15, -0.1) is 0 Å². The minimum absolute atomic E-state index is 0.0126. The second-order valence-corrected chi connectivity index (χ2v) is 4.29. The molecule has 0 spiro atoms. The Morgan fingerprint density at radius 2 is 2.06 bits per heavy atom. The van der Waals surface area contributed by atoms with Crippen LogP contribution in [0, 0.1) is 0 Å². The summed E-state index contributed by atoms with van der Waals surface area (Å²) in [5.41, 5.74) is -1.26. The van der Waals surface area contributed by atoms with Gasteiger partial charge in [-0.25, -0.2) is 0 Å². The van der Waals surface area contributed by atoms with E-state index in [-0.39, 0.29) is 17.7 Å². The average Bonchev–Trinajstić information content (AvgIpc) is 2.28. The van der Waals surface area contributed by atoms with Crippen molar-refractivity contribution in [2.45, 2.75) is 19.5 Å². The van der Waals surface area contributed by atoms with Gasteiger partial charge in [0.2, 0.25) is 0 Å². The number of hydrogen-bond acceptors (Lipinski definition) is 2. The third kappa shape index (κ3) is 3.73. The van der Waals surface area contributed by atoms with Crippen molar-refractivity contribution in [3.8, 4) is 5.75 Å². The highest BCUT2D eigenvalue weighted by atomic mass is 79.9. The second kappa shape index (κ2) is 6.22. The molecular weight excluding hydrogens is 313 g/mol. The standard InChI is InChI=1S/C12H12BrF3O2/c1-2-18-8-3-4-10(12(14,15)16)9(7-8)11(17)5-6-13/h3-4,7H,2,5-6H2,1H3. The van der Waals surface area contributed by atoms with Gasteiger partial charge >= 0.3 is 6.18 Å². The fourth-order valence-corrected chi connectivity index (χ4v) is 1.84. The van der Waals surface area contributed by atoms with Gasteiger partial charge in [-0.1, -0.05) is 15.9 Å². The molecule has 0 fully saturated rings. The van der Waals surface area contributed by atoms with Crippen molar-refractivity contribution < 1.29 is 22.7 Å². The topological polar surface area (TPSA) is 26.3 Å². The quantitative estimate of drug-likeness (QED) is 0.602. The lowest BCUT2D eigenvalue weighted by atomic mass is 10.0. The zero-order chi connectivity index (χ0) is 13.8. The van der Waals surface area contributed by atoms with Crippen LogP contribution in [0.5, 0.6) is 5.75 Å². The smallest absolute Gasteiger partial charge is 0.417 e. The summed E-state index contributed by atoms with van der Waals surface area (Å²) in [6.45, 7) is 2.05. The summed E-state index contributed by atoms with van der Waals surface area (Å²) < 4.78 is 43.4. The molecule has 0 aliphatic heterocycles. The van der Waals surface area contributed by atoms with Gasteiger partial charge in [0.25, 0.3) is 0 Å². The molecule has 0 aliphatic rings. The van der Waals surface area contributed by atoms with Gasteiger partial charge in [0.15, 0.2) is 5.78 Å². The lowest BCUT2D eigenvalue weighted by Gasteiger charge is -2.13. The molecule has 100 valence electrons. The fourth-order valence-electron chi connectivity index (χ4n) is 1.48. The van der Waals surface area contributed by atoms with Crippen LogP contribution in [0.15, 0.2) is 18.2 Å². The molecule has 0 bridgehead atoms. The van der Waals surface area contributed by atoms with E-state index in [1.165, 1.54) is 6.07 Å². The second-order valence-electron chi connectivity index (χ2n) is 3.50. The predicted molar refractivity (Wildman–Crippen MR) is 65.4 cm³/mol. The highest BCUT2D eigenvalue weighted by Crippen LogP contribution is 2.34. The zero-order valence-corrected chi connectivity index (χ0v) is 11.3. The number of hydrogen-bond donors (Lipinski definition) is 0. The molecule has 1 rings (SSSR count). The molecule has 1 aromatic rings. The Labute approximate surface area is 111 Å². The molecule has 0 heterocycles. The van der Waals surface area contributed by atoms with E-state index in [4.69, 9.17) is 4.74 Å². The van der Waals surface area contributed by atoms with Crippen molar-refractivity contribution >= 4 is 21.7 Å². The maximum atomic E-state index is 12.8. The van der Waals surface area contributed by atoms with Crippen molar-refractivity contribution in [3.63, 3.8) is 0 Å². The van der Waals surface area contributed by atoms with Gasteiger partial charge in [-0.05, 0) is 25.1 Å². The van der Waals surface area contributed by atoms with Crippen molar-refractivity contribution in [2.75, 3.05) is 11.9 Å². The van der Waals surface area contributed by atoms with Crippen molar-refractivity contribution in [3.05, 3.63) is 29.3 Å². The zero-order valence-electron chi connectivity index (χ0n) is 9.68. The predicted octanol–water partition coefficient (Wildman–Crippen LogP) is 4.07. The monoisotopic (exact) mass is 324 g/mol. The number of carbonyl (C=O) groups is 1. The van der Waals surface area contributed by atoms with Gasteiger partial charge < -0.3 is 4.74 Å². The van der Waals surface area contributed by atoms with E-state index in [1.54, 1.807) is 6.92 Å². The first-order chi connectivity index (χ1) is 8.40.